The average Bonchev–Trinajstić information content (AvgIpc) is 2.64. The van der Waals surface area contributed by atoms with Crippen molar-refractivity contribution >= 4 is 29.3 Å². The lowest BCUT2D eigenvalue weighted by atomic mass is 10.1. The minimum atomic E-state index is -0.674. The Morgan fingerprint density at radius 1 is 0.903 bits per heavy atom. The fourth-order valence-corrected chi connectivity index (χ4v) is 2.65. The van der Waals surface area contributed by atoms with E-state index in [9.17, 15) is 14.4 Å². The molecule has 0 aromatic heterocycles. The van der Waals surface area contributed by atoms with E-state index in [1.807, 2.05) is 32.0 Å². The van der Waals surface area contributed by atoms with Crippen molar-refractivity contribution in [2.45, 2.75) is 40.2 Å². The molecule has 0 bridgehead atoms. The van der Waals surface area contributed by atoms with Gasteiger partial charge in [0.1, 0.15) is 17.9 Å². The Hall–Kier alpha value is -3.55. The number of carbonyl (C=O) groups is 3. The first-order valence-electron chi connectivity index (χ1n) is 9.88. The summed E-state index contributed by atoms with van der Waals surface area (Å²) < 4.78 is 10.7. The highest BCUT2D eigenvalue weighted by Crippen LogP contribution is 2.19. The highest BCUT2D eigenvalue weighted by molar-refractivity contribution is 5.96. The second kappa shape index (κ2) is 10.5. The van der Waals surface area contributed by atoms with Crippen LogP contribution in [-0.4, -0.2) is 36.7 Å². The Kier molecular flexibility index (Phi) is 8.01. The fraction of sp³-hybridized carbons (Fsp3) is 0.348. The van der Waals surface area contributed by atoms with Crippen LogP contribution in [0.2, 0.25) is 0 Å². The summed E-state index contributed by atoms with van der Waals surface area (Å²) >= 11 is 0. The summed E-state index contributed by atoms with van der Waals surface area (Å²) in [5.41, 5.74) is 2.41. The molecule has 0 saturated carbocycles. The number of alkyl carbamates (subject to hydrolysis) is 1. The van der Waals surface area contributed by atoms with Gasteiger partial charge >= 0.3 is 6.09 Å². The van der Waals surface area contributed by atoms with Crippen molar-refractivity contribution in [3.63, 3.8) is 0 Å². The quantitative estimate of drug-likeness (QED) is 0.624. The smallest absolute Gasteiger partial charge is 0.408 e. The number of nitrogens with one attached hydrogen (secondary N) is 3. The van der Waals surface area contributed by atoms with Crippen LogP contribution in [0.25, 0.3) is 0 Å². The first-order chi connectivity index (χ1) is 14.5. The Morgan fingerprint density at radius 2 is 1.55 bits per heavy atom. The third-order valence-corrected chi connectivity index (χ3v) is 3.91. The lowest BCUT2D eigenvalue weighted by Gasteiger charge is -2.19. The van der Waals surface area contributed by atoms with E-state index in [0.717, 1.165) is 11.1 Å². The Labute approximate surface area is 182 Å². The molecule has 3 amide bonds. The van der Waals surface area contributed by atoms with Gasteiger partial charge in [0, 0.05) is 11.4 Å². The van der Waals surface area contributed by atoms with Crippen molar-refractivity contribution in [2.24, 2.45) is 0 Å². The molecule has 3 N–H and O–H groups in total. The number of benzene rings is 2. The van der Waals surface area contributed by atoms with Gasteiger partial charge in [-0.3, -0.25) is 9.59 Å². The zero-order chi connectivity index (χ0) is 23.0. The third-order valence-electron chi connectivity index (χ3n) is 3.91. The molecule has 0 unspecified atom stereocenters. The van der Waals surface area contributed by atoms with E-state index in [2.05, 4.69) is 16.0 Å². The monoisotopic (exact) mass is 427 g/mol. The zero-order valence-corrected chi connectivity index (χ0v) is 18.5. The molecule has 0 heterocycles. The number of anilines is 2. The Morgan fingerprint density at radius 3 is 2.16 bits per heavy atom. The maximum Gasteiger partial charge on any atom is 0.408 e. The molecule has 166 valence electrons. The van der Waals surface area contributed by atoms with Crippen molar-refractivity contribution in [2.75, 3.05) is 23.8 Å². The molecule has 2 aromatic rings. The third kappa shape index (κ3) is 8.77. The van der Waals surface area contributed by atoms with Crippen LogP contribution < -0.4 is 20.7 Å². The molecule has 0 radical (unpaired) electrons. The first kappa shape index (κ1) is 23.7. The average molecular weight is 428 g/mol. The predicted octanol–water partition coefficient (Wildman–Crippen LogP) is 3.78. The number of amides is 3. The van der Waals surface area contributed by atoms with Crippen molar-refractivity contribution in [3.8, 4) is 5.75 Å². The van der Waals surface area contributed by atoms with Gasteiger partial charge in [0.05, 0.1) is 0 Å². The summed E-state index contributed by atoms with van der Waals surface area (Å²) in [5.74, 6) is -0.0955. The van der Waals surface area contributed by atoms with Crippen LogP contribution in [0.15, 0.2) is 42.5 Å². The van der Waals surface area contributed by atoms with Gasteiger partial charge in [-0.2, -0.15) is 0 Å². The molecule has 0 saturated heterocycles. The number of ether oxygens (including phenoxy) is 2. The number of rotatable bonds is 7. The van der Waals surface area contributed by atoms with Gasteiger partial charge < -0.3 is 25.4 Å². The van der Waals surface area contributed by atoms with Gasteiger partial charge in [-0.05, 0) is 64.4 Å². The van der Waals surface area contributed by atoms with Gasteiger partial charge in [-0.1, -0.05) is 23.8 Å². The van der Waals surface area contributed by atoms with Crippen molar-refractivity contribution in [1.29, 1.82) is 0 Å². The zero-order valence-electron chi connectivity index (χ0n) is 18.5. The predicted molar refractivity (Wildman–Crippen MR) is 119 cm³/mol. The number of carbonyl (C=O) groups excluding carboxylic acids is 3. The van der Waals surface area contributed by atoms with Crippen LogP contribution in [-0.2, 0) is 14.3 Å². The fourth-order valence-electron chi connectivity index (χ4n) is 2.65. The van der Waals surface area contributed by atoms with E-state index in [4.69, 9.17) is 9.47 Å². The second-order valence-corrected chi connectivity index (χ2v) is 8.09. The van der Waals surface area contributed by atoms with E-state index in [1.165, 1.54) is 0 Å². The molecule has 0 aliphatic rings. The van der Waals surface area contributed by atoms with Crippen LogP contribution in [0.1, 0.15) is 31.9 Å². The van der Waals surface area contributed by atoms with E-state index in [1.54, 1.807) is 45.0 Å². The van der Waals surface area contributed by atoms with Crippen LogP contribution in [0, 0.1) is 13.8 Å². The molecule has 0 spiro atoms. The Balaban J connectivity index is 1.83. The highest BCUT2D eigenvalue weighted by Gasteiger charge is 2.16. The first-order valence-corrected chi connectivity index (χ1v) is 9.88. The normalized spacial score (nSPS) is 10.7. The van der Waals surface area contributed by atoms with Gasteiger partial charge in [0.25, 0.3) is 5.91 Å². The summed E-state index contributed by atoms with van der Waals surface area (Å²) in [4.78, 5) is 35.9. The van der Waals surface area contributed by atoms with Gasteiger partial charge in [-0.15, -0.1) is 0 Å². The largest absolute Gasteiger partial charge is 0.483 e. The standard InChI is InChI=1S/C23H29N3O5/c1-15-9-10-19(16(2)11-15)30-14-21(28)26-18-8-6-7-17(12-18)25-20(27)13-24-22(29)31-23(3,4)5/h6-12H,13-14H2,1-5H3,(H,24,29)(H,25,27)(H,26,28). The SMILES string of the molecule is Cc1ccc(OCC(=O)Nc2cccc(NC(=O)CNC(=O)OC(C)(C)C)c2)c(C)c1. The van der Waals surface area contributed by atoms with Gasteiger partial charge in [0.2, 0.25) is 5.91 Å². The Bertz CT molecular complexity index is 950. The van der Waals surface area contributed by atoms with Crippen molar-refractivity contribution in [3.05, 3.63) is 53.6 Å². The van der Waals surface area contributed by atoms with Crippen molar-refractivity contribution in [1.82, 2.24) is 5.32 Å². The summed E-state index contributed by atoms with van der Waals surface area (Å²) in [6, 6.07) is 12.4. The molecule has 31 heavy (non-hydrogen) atoms. The van der Waals surface area contributed by atoms with E-state index >= 15 is 0 Å². The van der Waals surface area contributed by atoms with E-state index in [-0.39, 0.29) is 19.1 Å². The van der Waals surface area contributed by atoms with Crippen LogP contribution in [0.3, 0.4) is 0 Å². The van der Waals surface area contributed by atoms with Crippen LogP contribution in [0.5, 0.6) is 5.75 Å². The lowest BCUT2D eigenvalue weighted by molar-refractivity contribution is -0.118. The summed E-state index contributed by atoms with van der Waals surface area (Å²) in [7, 11) is 0. The molecule has 0 fully saturated rings. The summed E-state index contributed by atoms with van der Waals surface area (Å²) in [6.45, 7) is 8.74. The molecule has 2 aromatic carbocycles. The molecular weight excluding hydrogens is 398 g/mol. The maximum absolute atomic E-state index is 12.2. The molecule has 8 heteroatoms. The summed E-state index contributed by atoms with van der Waals surface area (Å²) in [6.07, 6.45) is -0.674. The topological polar surface area (TPSA) is 106 Å². The second-order valence-electron chi connectivity index (χ2n) is 8.09. The van der Waals surface area contributed by atoms with E-state index < -0.39 is 17.6 Å². The molecule has 8 nitrogen and oxygen atoms in total. The highest BCUT2D eigenvalue weighted by atomic mass is 16.6. The maximum atomic E-state index is 12.2. The van der Waals surface area contributed by atoms with E-state index in [0.29, 0.717) is 17.1 Å². The molecular formula is C23H29N3O5. The summed E-state index contributed by atoms with van der Waals surface area (Å²) in [5, 5.41) is 7.77. The van der Waals surface area contributed by atoms with Gasteiger partial charge in [-0.25, -0.2) is 4.79 Å². The molecule has 2 rings (SSSR count). The number of hydrogen-bond acceptors (Lipinski definition) is 5. The van der Waals surface area contributed by atoms with Crippen molar-refractivity contribution < 1.29 is 23.9 Å². The number of hydrogen-bond donors (Lipinski definition) is 3. The minimum absolute atomic E-state index is 0.139. The lowest BCUT2D eigenvalue weighted by Crippen LogP contribution is -2.37. The van der Waals surface area contributed by atoms with Crippen LogP contribution in [0.4, 0.5) is 16.2 Å². The number of aryl methyl sites for hydroxylation is 2. The minimum Gasteiger partial charge on any atom is -0.483 e. The molecule has 0 aliphatic carbocycles. The molecule has 0 aliphatic heterocycles. The van der Waals surface area contributed by atoms with Gasteiger partial charge in [0.15, 0.2) is 6.61 Å². The molecule has 0 atom stereocenters. The van der Waals surface area contributed by atoms with Crippen LogP contribution >= 0.6 is 0 Å².